The zero-order valence-corrected chi connectivity index (χ0v) is 10.2. The van der Waals surface area contributed by atoms with Gasteiger partial charge in [0.25, 0.3) is 0 Å². The van der Waals surface area contributed by atoms with Crippen LogP contribution in [-0.2, 0) is 9.63 Å². The molecule has 0 saturated carbocycles. The Morgan fingerprint density at radius 2 is 1.87 bits per heavy atom. The summed E-state index contributed by atoms with van der Waals surface area (Å²) in [5.41, 5.74) is 1.06. The maximum absolute atomic E-state index is 10.6. The third-order valence-electron chi connectivity index (χ3n) is 2.10. The number of unbranched alkanes of at least 4 members (excludes halogenated alkanes) is 2. The molecule has 0 rings (SSSR count). The number of rotatable bonds is 9. The van der Waals surface area contributed by atoms with Gasteiger partial charge in [-0.15, -0.1) is 0 Å². The number of carbonyl (C=O) groups excluding carboxylic acids is 1. The lowest BCUT2D eigenvalue weighted by Gasteiger charge is -2.01. The van der Waals surface area contributed by atoms with E-state index in [4.69, 9.17) is 4.84 Å². The summed E-state index contributed by atoms with van der Waals surface area (Å²) in [6, 6.07) is 0. The van der Waals surface area contributed by atoms with Crippen molar-refractivity contribution in [1.82, 2.24) is 0 Å². The minimum atomic E-state index is 0.271. The van der Waals surface area contributed by atoms with Crippen LogP contribution < -0.4 is 0 Å². The highest BCUT2D eigenvalue weighted by molar-refractivity contribution is 5.81. The van der Waals surface area contributed by atoms with Crippen molar-refractivity contribution in [2.75, 3.05) is 6.61 Å². The monoisotopic (exact) mass is 213 g/mol. The third kappa shape index (κ3) is 11.1. The first-order chi connectivity index (χ1) is 7.16. The molecule has 0 spiro atoms. The first-order valence-electron chi connectivity index (χ1n) is 5.81. The highest BCUT2D eigenvalue weighted by atomic mass is 16.6. The highest BCUT2D eigenvalue weighted by Gasteiger charge is 1.94. The van der Waals surface area contributed by atoms with Crippen molar-refractivity contribution in [3.05, 3.63) is 0 Å². The van der Waals surface area contributed by atoms with Crippen molar-refractivity contribution >= 4 is 11.5 Å². The van der Waals surface area contributed by atoms with E-state index >= 15 is 0 Å². The van der Waals surface area contributed by atoms with Gasteiger partial charge in [-0.25, -0.2) is 0 Å². The largest absolute Gasteiger partial charge is 0.396 e. The van der Waals surface area contributed by atoms with Gasteiger partial charge in [0, 0.05) is 6.42 Å². The molecule has 0 aromatic carbocycles. The Balaban J connectivity index is 3.24. The van der Waals surface area contributed by atoms with Gasteiger partial charge in [0.15, 0.2) is 0 Å². The van der Waals surface area contributed by atoms with E-state index in [1.807, 2.05) is 6.92 Å². The first kappa shape index (κ1) is 14.1. The minimum absolute atomic E-state index is 0.271. The molecule has 0 saturated heterocycles. The predicted molar refractivity (Wildman–Crippen MR) is 63.1 cm³/mol. The Bertz CT molecular complexity index is 200. The van der Waals surface area contributed by atoms with Gasteiger partial charge in [-0.1, -0.05) is 18.5 Å². The van der Waals surface area contributed by atoms with Gasteiger partial charge in [0.2, 0.25) is 0 Å². The lowest BCUT2D eigenvalue weighted by Crippen LogP contribution is -1.95. The van der Waals surface area contributed by atoms with Crippen LogP contribution in [0.3, 0.4) is 0 Å². The Labute approximate surface area is 92.9 Å². The van der Waals surface area contributed by atoms with Gasteiger partial charge in [0.05, 0.1) is 5.71 Å². The zero-order valence-electron chi connectivity index (χ0n) is 10.2. The molecule has 0 aliphatic heterocycles. The lowest BCUT2D eigenvalue weighted by atomic mass is 10.1. The molecule has 0 bridgehead atoms. The van der Waals surface area contributed by atoms with Gasteiger partial charge in [-0.3, -0.25) is 0 Å². The van der Waals surface area contributed by atoms with Gasteiger partial charge in [-0.05, 0) is 39.5 Å². The summed E-state index contributed by atoms with van der Waals surface area (Å²) in [5.74, 6) is 0.271. The summed E-state index contributed by atoms with van der Waals surface area (Å²) in [4.78, 5) is 15.8. The van der Waals surface area contributed by atoms with Crippen molar-refractivity contribution in [2.45, 2.75) is 59.3 Å². The Morgan fingerprint density at radius 1 is 1.13 bits per heavy atom. The van der Waals surface area contributed by atoms with Crippen molar-refractivity contribution in [1.29, 1.82) is 0 Å². The number of ketones is 1. The number of Topliss-reactive ketones (excluding diaryl/α,β-unsaturated/α-hetero) is 1. The Kier molecular flexibility index (Phi) is 9.13. The molecule has 3 heteroatoms. The minimum Gasteiger partial charge on any atom is -0.396 e. The summed E-state index contributed by atoms with van der Waals surface area (Å²) in [7, 11) is 0. The molecular formula is C12H23NO2. The van der Waals surface area contributed by atoms with E-state index in [0.29, 0.717) is 13.0 Å². The topological polar surface area (TPSA) is 38.7 Å². The average Bonchev–Trinajstić information content (AvgIpc) is 2.16. The van der Waals surface area contributed by atoms with E-state index in [0.717, 1.165) is 37.8 Å². The summed E-state index contributed by atoms with van der Waals surface area (Å²) < 4.78 is 0. The van der Waals surface area contributed by atoms with E-state index in [1.165, 1.54) is 0 Å². The molecular weight excluding hydrogens is 190 g/mol. The molecule has 0 radical (unpaired) electrons. The number of hydrogen-bond donors (Lipinski definition) is 0. The maximum Gasteiger partial charge on any atom is 0.129 e. The van der Waals surface area contributed by atoms with E-state index in [9.17, 15) is 4.79 Å². The molecule has 0 aromatic heterocycles. The van der Waals surface area contributed by atoms with E-state index in [2.05, 4.69) is 12.1 Å². The number of oxime groups is 1. The second-order valence-corrected chi connectivity index (χ2v) is 3.92. The van der Waals surface area contributed by atoms with Crippen LogP contribution in [0.25, 0.3) is 0 Å². The maximum atomic E-state index is 10.6. The van der Waals surface area contributed by atoms with Crippen LogP contribution in [0, 0.1) is 0 Å². The molecule has 0 aromatic rings. The fourth-order valence-electron chi connectivity index (χ4n) is 1.28. The molecule has 88 valence electrons. The molecule has 3 nitrogen and oxygen atoms in total. The fourth-order valence-corrected chi connectivity index (χ4v) is 1.28. The molecule has 0 fully saturated rings. The Hall–Kier alpha value is -0.860. The average molecular weight is 213 g/mol. The standard InChI is InChI=1S/C12H23NO2/c1-4-8-11(2)13-15-10-7-5-6-9-12(3)14/h4-10H2,1-3H3/b13-11+. The van der Waals surface area contributed by atoms with Crippen LogP contribution in [0.2, 0.25) is 0 Å². The van der Waals surface area contributed by atoms with Gasteiger partial charge >= 0.3 is 0 Å². The van der Waals surface area contributed by atoms with Gasteiger partial charge in [-0.2, -0.15) is 0 Å². The van der Waals surface area contributed by atoms with Crippen molar-refractivity contribution in [3.63, 3.8) is 0 Å². The molecule has 0 N–H and O–H groups in total. The molecule has 0 atom stereocenters. The van der Waals surface area contributed by atoms with E-state index in [-0.39, 0.29) is 5.78 Å². The third-order valence-corrected chi connectivity index (χ3v) is 2.10. The zero-order chi connectivity index (χ0) is 11.5. The second kappa shape index (κ2) is 9.69. The summed E-state index contributed by atoms with van der Waals surface area (Å²) in [5, 5.41) is 4.00. The van der Waals surface area contributed by atoms with Crippen molar-refractivity contribution in [3.8, 4) is 0 Å². The summed E-state index contributed by atoms with van der Waals surface area (Å²) in [6.45, 7) is 6.41. The van der Waals surface area contributed by atoms with Crippen LogP contribution in [-0.4, -0.2) is 18.1 Å². The fraction of sp³-hybridized carbons (Fsp3) is 0.833. The van der Waals surface area contributed by atoms with Crippen LogP contribution in [0.4, 0.5) is 0 Å². The molecule has 0 unspecified atom stereocenters. The predicted octanol–water partition coefficient (Wildman–Crippen LogP) is 3.33. The normalized spacial score (nSPS) is 11.5. The van der Waals surface area contributed by atoms with Crippen LogP contribution in [0.15, 0.2) is 5.16 Å². The SMILES string of the molecule is CCC/C(C)=N/OCCCCCC(C)=O. The Morgan fingerprint density at radius 3 is 2.47 bits per heavy atom. The van der Waals surface area contributed by atoms with Crippen LogP contribution in [0.5, 0.6) is 0 Å². The highest BCUT2D eigenvalue weighted by Crippen LogP contribution is 2.01. The summed E-state index contributed by atoms with van der Waals surface area (Å²) in [6.07, 6.45) is 5.80. The van der Waals surface area contributed by atoms with E-state index in [1.54, 1.807) is 6.92 Å². The molecule has 0 heterocycles. The number of nitrogens with zero attached hydrogens (tertiary/aromatic N) is 1. The molecule has 0 aliphatic rings. The van der Waals surface area contributed by atoms with Crippen molar-refractivity contribution in [2.24, 2.45) is 5.16 Å². The molecule has 0 amide bonds. The van der Waals surface area contributed by atoms with Gasteiger partial charge in [0.1, 0.15) is 12.4 Å². The number of carbonyl (C=O) groups is 1. The van der Waals surface area contributed by atoms with Crippen molar-refractivity contribution < 1.29 is 9.63 Å². The quantitative estimate of drug-likeness (QED) is 0.335. The smallest absolute Gasteiger partial charge is 0.129 e. The van der Waals surface area contributed by atoms with E-state index < -0.39 is 0 Å². The van der Waals surface area contributed by atoms with Gasteiger partial charge < -0.3 is 9.63 Å². The second-order valence-electron chi connectivity index (χ2n) is 3.92. The van der Waals surface area contributed by atoms with Crippen LogP contribution >= 0.6 is 0 Å². The summed E-state index contributed by atoms with van der Waals surface area (Å²) >= 11 is 0. The lowest BCUT2D eigenvalue weighted by molar-refractivity contribution is -0.117. The molecule has 0 aliphatic carbocycles. The number of hydrogen-bond acceptors (Lipinski definition) is 3. The molecule has 15 heavy (non-hydrogen) atoms. The first-order valence-corrected chi connectivity index (χ1v) is 5.81. The van der Waals surface area contributed by atoms with Crippen LogP contribution in [0.1, 0.15) is 59.3 Å².